The molecule has 5 nitrogen and oxygen atoms in total. The standard InChI is InChI=1S/C19H19FN2O3/c20-16-8-4-5-9-18(16)25-15-12-21(13-15)19(23)22-17(10-11-24-22)14-6-2-1-3-7-14/h1-9,15,17H,10-13H2/t17-/m0/s1. The summed E-state index contributed by atoms with van der Waals surface area (Å²) >= 11 is 0. The van der Waals surface area contributed by atoms with E-state index in [0.717, 1.165) is 12.0 Å². The van der Waals surface area contributed by atoms with Crippen molar-refractivity contribution < 1.29 is 18.8 Å². The van der Waals surface area contributed by atoms with Gasteiger partial charge < -0.3 is 9.64 Å². The van der Waals surface area contributed by atoms with Crippen molar-refractivity contribution in [3.8, 4) is 5.75 Å². The van der Waals surface area contributed by atoms with E-state index in [0.29, 0.717) is 19.7 Å². The third-order valence-corrected chi connectivity index (χ3v) is 4.53. The van der Waals surface area contributed by atoms with Crippen LogP contribution in [0.1, 0.15) is 18.0 Å². The lowest BCUT2D eigenvalue weighted by Crippen LogP contribution is -2.59. The molecule has 2 aliphatic rings. The van der Waals surface area contributed by atoms with Gasteiger partial charge in [-0.25, -0.2) is 9.18 Å². The van der Waals surface area contributed by atoms with E-state index < -0.39 is 0 Å². The van der Waals surface area contributed by atoms with Crippen molar-refractivity contribution in [2.45, 2.75) is 18.6 Å². The second-order valence-electron chi connectivity index (χ2n) is 6.23. The molecule has 4 rings (SSSR count). The molecule has 2 aromatic carbocycles. The third-order valence-electron chi connectivity index (χ3n) is 4.53. The van der Waals surface area contributed by atoms with Gasteiger partial charge in [0, 0.05) is 6.42 Å². The van der Waals surface area contributed by atoms with E-state index in [1.165, 1.54) is 11.1 Å². The number of rotatable bonds is 3. The molecule has 25 heavy (non-hydrogen) atoms. The minimum Gasteiger partial charge on any atom is -0.484 e. The Bertz CT molecular complexity index is 749. The molecule has 6 heteroatoms. The Hall–Kier alpha value is -2.60. The topological polar surface area (TPSA) is 42.0 Å². The van der Waals surface area contributed by atoms with Gasteiger partial charge in [0.2, 0.25) is 0 Å². The smallest absolute Gasteiger partial charge is 0.344 e. The average molecular weight is 342 g/mol. The molecule has 130 valence electrons. The molecule has 2 fully saturated rings. The zero-order valence-corrected chi connectivity index (χ0v) is 13.7. The quantitative estimate of drug-likeness (QED) is 0.859. The second kappa shape index (κ2) is 6.72. The first-order chi connectivity index (χ1) is 12.2. The minimum absolute atomic E-state index is 0.0692. The van der Waals surface area contributed by atoms with Gasteiger partial charge in [0.05, 0.1) is 25.7 Å². The monoisotopic (exact) mass is 342 g/mol. The minimum atomic E-state index is -0.390. The van der Waals surface area contributed by atoms with E-state index >= 15 is 0 Å². The Morgan fingerprint density at radius 1 is 1.08 bits per heavy atom. The molecule has 0 saturated carbocycles. The van der Waals surface area contributed by atoms with Gasteiger partial charge in [-0.1, -0.05) is 42.5 Å². The first kappa shape index (κ1) is 15.9. The van der Waals surface area contributed by atoms with Crippen LogP contribution in [-0.4, -0.2) is 41.8 Å². The average Bonchev–Trinajstić information content (AvgIpc) is 3.09. The highest BCUT2D eigenvalue weighted by Gasteiger charge is 2.40. The SMILES string of the molecule is O=C(N1CC(Oc2ccccc2F)C1)N1OCC[C@H]1c1ccccc1. The predicted octanol–water partition coefficient (Wildman–Crippen LogP) is 3.39. The summed E-state index contributed by atoms with van der Waals surface area (Å²) in [6, 6.07) is 15.9. The maximum Gasteiger partial charge on any atom is 0.344 e. The number of likely N-dealkylation sites (tertiary alicyclic amines) is 1. The zero-order chi connectivity index (χ0) is 17.2. The zero-order valence-electron chi connectivity index (χ0n) is 13.7. The summed E-state index contributed by atoms with van der Waals surface area (Å²) in [4.78, 5) is 19.9. The Balaban J connectivity index is 1.36. The van der Waals surface area contributed by atoms with Gasteiger partial charge in [-0.05, 0) is 17.7 Å². The summed E-state index contributed by atoms with van der Waals surface area (Å²) in [5, 5.41) is 1.45. The molecular weight excluding hydrogens is 323 g/mol. The predicted molar refractivity (Wildman–Crippen MR) is 89.4 cm³/mol. The lowest BCUT2D eigenvalue weighted by molar-refractivity contribution is -0.109. The van der Waals surface area contributed by atoms with Gasteiger partial charge >= 0.3 is 6.03 Å². The number of hydroxylamine groups is 2. The van der Waals surface area contributed by atoms with Crippen LogP contribution in [0, 0.1) is 5.82 Å². The summed E-state index contributed by atoms with van der Waals surface area (Å²) in [6.07, 6.45) is 0.581. The number of benzene rings is 2. The molecule has 0 aromatic heterocycles. The van der Waals surface area contributed by atoms with Crippen LogP contribution in [0.4, 0.5) is 9.18 Å². The number of hydrogen-bond acceptors (Lipinski definition) is 3. The van der Waals surface area contributed by atoms with Crippen molar-refractivity contribution in [3.05, 3.63) is 66.0 Å². The molecule has 2 aliphatic heterocycles. The van der Waals surface area contributed by atoms with Gasteiger partial charge in [-0.3, -0.25) is 4.84 Å². The fourth-order valence-corrected chi connectivity index (χ4v) is 3.16. The molecule has 0 unspecified atom stereocenters. The van der Waals surface area contributed by atoms with Crippen molar-refractivity contribution >= 4 is 6.03 Å². The molecular formula is C19H19FN2O3. The molecule has 0 N–H and O–H groups in total. The lowest BCUT2D eigenvalue weighted by atomic mass is 10.0. The largest absolute Gasteiger partial charge is 0.484 e. The summed E-state index contributed by atoms with van der Waals surface area (Å²) in [7, 11) is 0. The van der Waals surface area contributed by atoms with Crippen molar-refractivity contribution in [3.63, 3.8) is 0 Å². The van der Waals surface area contributed by atoms with Crippen LogP contribution in [0.15, 0.2) is 54.6 Å². The molecule has 0 bridgehead atoms. The number of carbonyl (C=O) groups excluding carboxylic acids is 1. The Kier molecular flexibility index (Phi) is 4.28. The molecule has 1 atom stereocenters. The van der Waals surface area contributed by atoms with Crippen molar-refractivity contribution in [1.29, 1.82) is 0 Å². The van der Waals surface area contributed by atoms with Crippen LogP contribution in [0.5, 0.6) is 5.75 Å². The van der Waals surface area contributed by atoms with E-state index in [4.69, 9.17) is 9.57 Å². The normalized spacial score (nSPS) is 20.4. The van der Waals surface area contributed by atoms with Crippen LogP contribution < -0.4 is 4.74 Å². The van der Waals surface area contributed by atoms with E-state index in [1.807, 2.05) is 30.3 Å². The summed E-state index contributed by atoms with van der Waals surface area (Å²) in [6.45, 7) is 1.37. The van der Waals surface area contributed by atoms with Crippen LogP contribution >= 0.6 is 0 Å². The number of ether oxygens (including phenoxy) is 1. The van der Waals surface area contributed by atoms with Crippen molar-refractivity contribution in [2.24, 2.45) is 0 Å². The molecule has 2 aromatic rings. The molecule has 0 aliphatic carbocycles. The summed E-state index contributed by atoms with van der Waals surface area (Å²) < 4.78 is 19.2. The first-order valence-electron chi connectivity index (χ1n) is 8.39. The Morgan fingerprint density at radius 2 is 1.80 bits per heavy atom. The molecule has 2 amide bonds. The molecule has 2 saturated heterocycles. The number of nitrogens with zero attached hydrogens (tertiary/aromatic N) is 2. The number of hydrogen-bond donors (Lipinski definition) is 0. The van der Waals surface area contributed by atoms with Crippen molar-refractivity contribution in [1.82, 2.24) is 9.96 Å². The van der Waals surface area contributed by atoms with Gasteiger partial charge in [0.15, 0.2) is 11.6 Å². The van der Waals surface area contributed by atoms with Crippen molar-refractivity contribution in [2.75, 3.05) is 19.7 Å². The van der Waals surface area contributed by atoms with Gasteiger partial charge in [-0.15, -0.1) is 0 Å². The van der Waals surface area contributed by atoms with Crippen LogP contribution in [-0.2, 0) is 4.84 Å². The molecule has 0 spiro atoms. The number of halogens is 1. The fourth-order valence-electron chi connectivity index (χ4n) is 3.16. The lowest BCUT2D eigenvalue weighted by Gasteiger charge is -2.41. The highest BCUT2D eigenvalue weighted by molar-refractivity contribution is 5.75. The maximum atomic E-state index is 13.6. The van der Waals surface area contributed by atoms with E-state index in [-0.39, 0.29) is 29.7 Å². The first-order valence-corrected chi connectivity index (χ1v) is 8.39. The number of amides is 2. The van der Waals surface area contributed by atoms with E-state index in [1.54, 1.807) is 23.1 Å². The van der Waals surface area contributed by atoms with Crippen LogP contribution in [0.2, 0.25) is 0 Å². The van der Waals surface area contributed by atoms with Crippen LogP contribution in [0.3, 0.4) is 0 Å². The summed E-state index contributed by atoms with van der Waals surface area (Å²) in [5.74, 6) is -0.168. The highest BCUT2D eigenvalue weighted by Crippen LogP contribution is 2.32. The molecule has 2 heterocycles. The van der Waals surface area contributed by atoms with E-state index in [9.17, 15) is 9.18 Å². The highest BCUT2D eigenvalue weighted by atomic mass is 19.1. The second-order valence-corrected chi connectivity index (χ2v) is 6.23. The fraction of sp³-hybridized carbons (Fsp3) is 0.316. The van der Waals surface area contributed by atoms with Gasteiger partial charge in [0.25, 0.3) is 0 Å². The third kappa shape index (κ3) is 3.17. The van der Waals surface area contributed by atoms with Gasteiger partial charge in [-0.2, -0.15) is 5.06 Å². The maximum absolute atomic E-state index is 13.6. The van der Waals surface area contributed by atoms with E-state index in [2.05, 4.69) is 0 Å². The molecule has 0 radical (unpaired) electrons. The number of urea groups is 1. The Labute approximate surface area is 145 Å². The van der Waals surface area contributed by atoms with Gasteiger partial charge in [0.1, 0.15) is 6.10 Å². The number of carbonyl (C=O) groups is 1. The Morgan fingerprint density at radius 3 is 2.56 bits per heavy atom. The number of para-hydroxylation sites is 1. The van der Waals surface area contributed by atoms with Crippen LogP contribution in [0.25, 0.3) is 0 Å². The summed E-state index contributed by atoms with van der Waals surface area (Å²) in [5.41, 5.74) is 1.06.